The molecule has 0 radical (unpaired) electrons. The molecule has 0 saturated heterocycles. The Labute approximate surface area is 96.6 Å². The number of Topliss-reactive ketones (excluding diaryl/α,β-unsaturated/α-hetero) is 1. The van der Waals surface area contributed by atoms with Crippen LogP contribution >= 0.6 is 22.6 Å². The van der Waals surface area contributed by atoms with Gasteiger partial charge in [0.1, 0.15) is 0 Å². The highest BCUT2D eigenvalue weighted by Crippen LogP contribution is 2.11. The molecular weight excluding hydrogens is 315 g/mol. The minimum atomic E-state index is -3.17. The topological polar surface area (TPSA) is 51.2 Å². The third kappa shape index (κ3) is 2.78. The number of hydrogen-bond donors (Lipinski definition) is 0. The third-order valence-electron chi connectivity index (χ3n) is 1.73. The average Bonchev–Trinajstić information content (AvgIpc) is 2.15. The molecule has 0 saturated carbocycles. The van der Waals surface area contributed by atoms with Gasteiger partial charge >= 0.3 is 0 Å². The molecule has 0 aromatic heterocycles. The summed E-state index contributed by atoms with van der Waals surface area (Å²) >= 11 is 1.97. The molecule has 1 rings (SSSR count). The smallest absolute Gasteiger partial charge is 0.175 e. The lowest BCUT2D eigenvalue weighted by Gasteiger charge is -1.99. The summed E-state index contributed by atoms with van der Waals surface area (Å²) in [7, 11) is -3.17. The predicted molar refractivity (Wildman–Crippen MR) is 62.8 cm³/mol. The van der Waals surface area contributed by atoms with Crippen LogP contribution in [-0.4, -0.2) is 24.9 Å². The van der Waals surface area contributed by atoms with E-state index in [1.54, 1.807) is 0 Å². The quantitative estimate of drug-likeness (QED) is 0.483. The van der Waals surface area contributed by atoms with Crippen molar-refractivity contribution >= 4 is 38.2 Å². The number of ketones is 1. The molecule has 0 unspecified atom stereocenters. The van der Waals surface area contributed by atoms with Crippen LogP contribution in [0.5, 0.6) is 0 Å². The van der Waals surface area contributed by atoms with Crippen LogP contribution in [0, 0.1) is 0 Å². The minimum Gasteiger partial charge on any atom is -0.293 e. The first-order valence-corrected chi connectivity index (χ1v) is 7.26. The van der Waals surface area contributed by atoms with Gasteiger partial charge in [-0.3, -0.25) is 4.79 Å². The standard InChI is InChI=1S/C9H9IO3S/c1-14(12,13)8-4-2-7(3-5-8)9(11)6-10/h2-5H,6H2,1H3. The summed E-state index contributed by atoms with van der Waals surface area (Å²) in [5, 5.41) is 0. The third-order valence-corrected chi connectivity index (χ3v) is 3.55. The van der Waals surface area contributed by atoms with E-state index in [9.17, 15) is 13.2 Å². The summed E-state index contributed by atoms with van der Waals surface area (Å²) in [5.74, 6) is 0.00523. The lowest BCUT2D eigenvalue weighted by Crippen LogP contribution is -2.01. The summed E-state index contributed by atoms with van der Waals surface area (Å²) in [6.45, 7) is 0. The monoisotopic (exact) mass is 324 g/mol. The maximum atomic E-state index is 11.2. The molecule has 0 heterocycles. The summed E-state index contributed by atoms with van der Waals surface area (Å²) in [4.78, 5) is 11.5. The second-order valence-electron chi connectivity index (χ2n) is 2.85. The molecule has 76 valence electrons. The van der Waals surface area contributed by atoms with Gasteiger partial charge in [-0.05, 0) is 12.1 Å². The van der Waals surface area contributed by atoms with Crippen LogP contribution in [0.3, 0.4) is 0 Å². The Balaban J connectivity index is 3.07. The van der Waals surface area contributed by atoms with Crippen LogP contribution in [0.15, 0.2) is 29.2 Å². The number of benzene rings is 1. The Morgan fingerprint density at radius 3 is 2.14 bits per heavy atom. The number of halogens is 1. The van der Waals surface area contributed by atoms with Crippen molar-refractivity contribution in [3.8, 4) is 0 Å². The van der Waals surface area contributed by atoms with Crippen LogP contribution in [0.4, 0.5) is 0 Å². The lowest BCUT2D eigenvalue weighted by atomic mass is 10.2. The van der Waals surface area contributed by atoms with Crippen LogP contribution in [0.25, 0.3) is 0 Å². The van der Waals surface area contributed by atoms with Crippen LogP contribution < -0.4 is 0 Å². The molecule has 0 spiro atoms. The largest absolute Gasteiger partial charge is 0.293 e. The fourth-order valence-corrected chi connectivity index (χ4v) is 2.04. The average molecular weight is 324 g/mol. The molecule has 0 amide bonds. The van der Waals surface area contributed by atoms with E-state index in [0.717, 1.165) is 6.26 Å². The molecule has 0 bridgehead atoms. The van der Waals surface area contributed by atoms with Gasteiger partial charge in [0.2, 0.25) is 0 Å². The Hall–Kier alpha value is -0.430. The first-order valence-electron chi connectivity index (χ1n) is 3.84. The Morgan fingerprint density at radius 1 is 1.29 bits per heavy atom. The number of rotatable bonds is 3. The second kappa shape index (κ2) is 4.39. The van der Waals surface area contributed by atoms with Crippen LogP contribution in [-0.2, 0) is 9.84 Å². The van der Waals surface area contributed by atoms with Gasteiger partial charge in [0, 0.05) is 11.8 Å². The van der Waals surface area contributed by atoms with Crippen molar-refractivity contribution in [2.75, 3.05) is 10.7 Å². The number of sulfone groups is 1. The van der Waals surface area contributed by atoms with E-state index in [1.807, 2.05) is 22.6 Å². The molecule has 0 aliphatic rings. The molecule has 0 aliphatic carbocycles. The number of carbonyl (C=O) groups excluding carboxylic acids is 1. The van der Waals surface area contributed by atoms with Crippen molar-refractivity contribution in [1.29, 1.82) is 0 Å². The fraction of sp³-hybridized carbons (Fsp3) is 0.222. The van der Waals surface area contributed by atoms with E-state index in [4.69, 9.17) is 0 Å². The molecule has 0 fully saturated rings. The Kier molecular flexibility index (Phi) is 3.65. The summed E-state index contributed by atoms with van der Waals surface area (Å²) in [5.41, 5.74) is 0.548. The highest BCUT2D eigenvalue weighted by atomic mass is 127. The van der Waals surface area contributed by atoms with E-state index < -0.39 is 9.84 Å². The van der Waals surface area contributed by atoms with Crippen molar-refractivity contribution in [2.45, 2.75) is 4.90 Å². The molecular formula is C9H9IO3S. The normalized spacial score (nSPS) is 11.3. The zero-order valence-electron chi connectivity index (χ0n) is 7.53. The van der Waals surface area contributed by atoms with Crippen LogP contribution in [0.2, 0.25) is 0 Å². The Morgan fingerprint density at radius 2 is 1.79 bits per heavy atom. The second-order valence-corrected chi connectivity index (χ2v) is 5.63. The molecule has 1 aromatic rings. The molecule has 3 nitrogen and oxygen atoms in total. The zero-order chi connectivity index (χ0) is 10.8. The van der Waals surface area contributed by atoms with E-state index in [2.05, 4.69) is 0 Å². The van der Waals surface area contributed by atoms with Gasteiger partial charge in [-0.1, -0.05) is 34.7 Å². The molecule has 0 atom stereocenters. The van der Waals surface area contributed by atoms with Gasteiger partial charge < -0.3 is 0 Å². The lowest BCUT2D eigenvalue weighted by molar-refractivity contribution is 0.102. The molecule has 14 heavy (non-hydrogen) atoms. The highest BCUT2D eigenvalue weighted by molar-refractivity contribution is 14.1. The number of alkyl halides is 1. The fourth-order valence-electron chi connectivity index (χ4n) is 0.965. The molecule has 0 aliphatic heterocycles. The van der Waals surface area contributed by atoms with E-state index in [-0.39, 0.29) is 10.7 Å². The first-order chi connectivity index (χ1) is 6.45. The number of carbonyl (C=O) groups is 1. The van der Waals surface area contributed by atoms with Gasteiger partial charge in [0.15, 0.2) is 15.6 Å². The molecule has 5 heteroatoms. The summed E-state index contributed by atoms with van der Waals surface area (Å²) < 4.78 is 22.6. The van der Waals surface area contributed by atoms with Crippen molar-refractivity contribution in [2.24, 2.45) is 0 Å². The van der Waals surface area contributed by atoms with E-state index >= 15 is 0 Å². The van der Waals surface area contributed by atoms with E-state index in [1.165, 1.54) is 24.3 Å². The zero-order valence-corrected chi connectivity index (χ0v) is 10.5. The van der Waals surface area contributed by atoms with Gasteiger partial charge in [-0.25, -0.2) is 8.42 Å². The predicted octanol–water partition coefficient (Wildman–Crippen LogP) is 1.71. The Bertz CT molecular complexity index is 434. The van der Waals surface area contributed by atoms with Gasteiger partial charge in [-0.2, -0.15) is 0 Å². The van der Waals surface area contributed by atoms with Gasteiger partial charge in [-0.15, -0.1) is 0 Å². The van der Waals surface area contributed by atoms with Crippen molar-refractivity contribution < 1.29 is 13.2 Å². The minimum absolute atomic E-state index is 0.00523. The summed E-state index contributed by atoms with van der Waals surface area (Å²) in [6.07, 6.45) is 1.14. The highest BCUT2D eigenvalue weighted by Gasteiger charge is 2.08. The van der Waals surface area contributed by atoms with Crippen molar-refractivity contribution in [3.05, 3.63) is 29.8 Å². The SMILES string of the molecule is CS(=O)(=O)c1ccc(C(=O)CI)cc1. The van der Waals surface area contributed by atoms with Crippen LogP contribution in [0.1, 0.15) is 10.4 Å². The van der Waals surface area contributed by atoms with Crippen molar-refractivity contribution in [1.82, 2.24) is 0 Å². The van der Waals surface area contributed by atoms with E-state index in [0.29, 0.717) is 9.99 Å². The summed E-state index contributed by atoms with van der Waals surface area (Å²) in [6, 6.07) is 5.98. The van der Waals surface area contributed by atoms with Gasteiger partial charge in [0.25, 0.3) is 0 Å². The maximum Gasteiger partial charge on any atom is 0.175 e. The van der Waals surface area contributed by atoms with Crippen molar-refractivity contribution in [3.63, 3.8) is 0 Å². The maximum absolute atomic E-state index is 11.2. The molecule has 0 N–H and O–H groups in total. The van der Waals surface area contributed by atoms with Gasteiger partial charge in [0.05, 0.1) is 9.32 Å². The number of hydrogen-bond acceptors (Lipinski definition) is 3. The first kappa shape index (κ1) is 11.6. The molecule has 1 aromatic carbocycles.